The van der Waals surface area contributed by atoms with Crippen molar-refractivity contribution in [2.45, 2.75) is 5.75 Å². The van der Waals surface area contributed by atoms with Gasteiger partial charge in [-0.3, -0.25) is 0 Å². The normalized spacial score (nSPS) is 11.2. The molecule has 0 spiro atoms. The van der Waals surface area contributed by atoms with Crippen molar-refractivity contribution in [2.75, 3.05) is 14.2 Å². The topological polar surface area (TPSA) is 52.6 Å². The van der Waals surface area contributed by atoms with Crippen LogP contribution in [0.5, 0.6) is 11.5 Å². The molecule has 0 radical (unpaired) electrons. The maximum absolute atomic E-state index is 11.1. The lowest BCUT2D eigenvalue weighted by Crippen LogP contribution is -2.02. The maximum atomic E-state index is 11.1. The molecule has 0 heterocycles. The highest BCUT2D eigenvalue weighted by molar-refractivity contribution is 8.13. The van der Waals surface area contributed by atoms with E-state index in [1.807, 2.05) is 0 Å². The lowest BCUT2D eigenvalue weighted by molar-refractivity contribution is 0.388. The van der Waals surface area contributed by atoms with Gasteiger partial charge in [-0.05, 0) is 12.1 Å². The molecule has 0 aliphatic heterocycles. The van der Waals surface area contributed by atoms with Crippen molar-refractivity contribution >= 4 is 31.3 Å². The predicted octanol–water partition coefficient (Wildman–Crippen LogP) is 2.43. The Balaban J connectivity index is 3.36. The van der Waals surface area contributed by atoms with E-state index in [0.717, 1.165) is 0 Å². The molecule has 0 bridgehead atoms. The summed E-state index contributed by atoms with van der Waals surface area (Å²) < 4.78 is 32.2. The minimum absolute atomic E-state index is 0.255. The molecule has 0 aliphatic carbocycles. The van der Waals surface area contributed by atoms with Crippen molar-refractivity contribution in [1.29, 1.82) is 0 Å². The quantitative estimate of drug-likeness (QED) is 0.797. The zero-order chi connectivity index (χ0) is 12.3. The summed E-state index contributed by atoms with van der Waals surface area (Å²) in [5, 5.41) is 0.304. The molecular formula is C9H10Cl2O4S. The van der Waals surface area contributed by atoms with Crippen molar-refractivity contribution in [1.82, 2.24) is 0 Å². The van der Waals surface area contributed by atoms with Gasteiger partial charge in [0, 0.05) is 10.7 Å². The van der Waals surface area contributed by atoms with E-state index < -0.39 is 14.8 Å². The molecule has 16 heavy (non-hydrogen) atoms. The molecule has 0 unspecified atom stereocenters. The Kier molecular flexibility index (Phi) is 4.29. The first kappa shape index (κ1) is 13.4. The van der Waals surface area contributed by atoms with Crippen molar-refractivity contribution in [3.63, 3.8) is 0 Å². The Morgan fingerprint density at radius 2 is 1.88 bits per heavy atom. The second kappa shape index (κ2) is 5.12. The third kappa shape index (κ3) is 3.17. The Morgan fingerprint density at radius 3 is 2.31 bits per heavy atom. The van der Waals surface area contributed by atoms with Crippen LogP contribution >= 0.6 is 22.3 Å². The summed E-state index contributed by atoms with van der Waals surface area (Å²) in [6, 6.07) is 3.12. The van der Waals surface area contributed by atoms with E-state index in [9.17, 15) is 8.42 Å². The SMILES string of the molecule is COc1ccc(Cl)c(OC)c1CS(=O)(=O)Cl. The first-order valence-corrected chi connectivity index (χ1v) is 7.06. The van der Waals surface area contributed by atoms with Crippen molar-refractivity contribution in [3.8, 4) is 11.5 Å². The fourth-order valence-corrected chi connectivity index (χ4v) is 2.50. The van der Waals surface area contributed by atoms with Crippen molar-refractivity contribution in [2.24, 2.45) is 0 Å². The second-order valence-electron chi connectivity index (χ2n) is 2.94. The average Bonchev–Trinajstić information content (AvgIpc) is 2.16. The van der Waals surface area contributed by atoms with Crippen LogP contribution in [0.1, 0.15) is 5.56 Å². The molecule has 0 amide bonds. The lowest BCUT2D eigenvalue weighted by Gasteiger charge is -2.13. The summed E-state index contributed by atoms with van der Waals surface area (Å²) in [7, 11) is 4.31. The molecule has 0 saturated carbocycles. The highest BCUT2D eigenvalue weighted by Crippen LogP contribution is 2.36. The van der Waals surface area contributed by atoms with Gasteiger partial charge in [-0.1, -0.05) is 11.6 Å². The van der Waals surface area contributed by atoms with Gasteiger partial charge in [0.1, 0.15) is 11.5 Å². The van der Waals surface area contributed by atoms with Crippen LogP contribution in [0.15, 0.2) is 12.1 Å². The van der Waals surface area contributed by atoms with Gasteiger partial charge in [-0.2, -0.15) is 0 Å². The van der Waals surface area contributed by atoms with Crippen molar-refractivity contribution < 1.29 is 17.9 Å². The molecule has 1 aromatic rings. The van der Waals surface area contributed by atoms with Gasteiger partial charge in [0.05, 0.1) is 30.6 Å². The number of hydrogen-bond donors (Lipinski definition) is 0. The number of hydrogen-bond acceptors (Lipinski definition) is 4. The minimum Gasteiger partial charge on any atom is -0.496 e. The zero-order valence-electron chi connectivity index (χ0n) is 8.66. The lowest BCUT2D eigenvalue weighted by atomic mass is 10.2. The second-order valence-corrected chi connectivity index (χ2v) is 6.13. The van der Waals surface area contributed by atoms with Crippen LogP contribution in [0.4, 0.5) is 0 Å². The summed E-state index contributed by atoms with van der Waals surface area (Å²) in [6.07, 6.45) is 0. The van der Waals surface area contributed by atoms with Gasteiger partial charge in [-0.25, -0.2) is 8.42 Å². The average molecular weight is 285 g/mol. The van der Waals surface area contributed by atoms with Crippen LogP contribution < -0.4 is 9.47 Å². The zero-order valence-corrected chi connectivity index (χ0v) is 11.0. The third-order valence-electron chi connectivity index (χ3n) is 1.91. The summed E-state index contributed by atoms with van der Waals surface area (Å²) in [5.74, 6) is 0.220. The van der Waals surface area contributed by atoms with Gasteiger partial charge in [0.2, 0.25) is 9.05 Å². The Morgan fingerprint density at radius 1 is 1.25 bits per heavy atom. The van der Waals surface area contributed by atoms with Crippen LogP contribution in [0.2, 0.25) is 5.02 Å². The maximum Gasteiger partial charge on any atom is 0.237 e. The van der Waals surface area contributed by atoms with Crippen LogP contribution in [0.25, 0.3) is 0 Å². The summed E-state index contributed by atoms with van der Waals surface area (Å²) in [6.45, 7) is 0. The summed E-state index contributed by atoms with van der Waals surface area (Å²) in [4.78, 5) is 0. The molecule has 0 aromatic heterocycles. The van der Waals surface area contributed by atoms with Gasteiger partial charge in [-0.15, -0.1) is 0 Å². The molecule has 0 aliphatic rings. The van der Waals surface area contributed by atoms with E-state index in [2.05, 4.69) is 0 Å². The highest BCUT2D eigenvalue weighted by atomic mass is 35.7. The molecule has 1 aromatic carbocycles. The van der Waals surface area contributed by atoms with Crippen molar-refractivity contribution in [3.05, 3.63) is 22.7 Å². The van der Waals surface area contributed by atoms with E-state index in [1.54, 1.807) is 12.1 Å². The third-order valence-corrected chi connectivity index (χ3v) is 3.17. The number of methoxy groups -OCH3 is 2. The number of rotatable bonds is 4. The Labute approximate surface area is 103 Å². The Hall–Kier alpha value is -0.650. The number of ether oxygens (including phenoxy) is 2. The fourth-order valence-electron chi connectivity index (χ4n) is 1.30. The molecule has 7 heteroatoms. The van der Waals surface area contributed by atoms with Gasteiger partial charge >= 0.3 is 0 Å². The fraction of sp³-hybridized carbons (Fsp3) is 0.333. The number of benzene rings is 1. The first-order chi connectivity index (χ1) is 7.39. The van der Waals surface area contributed by atoms with Gasteiger partial charge in [0.25, 0.3) is 0 Å². The smallest absolute Gasteiger partial charge is 0.237 e. The predicted molar refractivity (Wildman–Crippen MR) is 63.0 cm³/mol. The molecule has 1 rings (SSSR count). The molecular weight excluding hydrogens is 275 g/mol. The highest BCUT2D eigenvalue weighted by Gasteiger charge is 2.19. The van der Waals surface area contributed by atoms with Crippen LogP contribution in [0.3, 0.4) is 0 Å². The van der Waals surface area contributed by atoms with E-state index in [-0.39, 0.29) is 5.75 Å². The molecule has 4 nitrogen and oxygen atoms in total. The van der Waals surface area contributed by atoms with E-state index in [4.69, 9.17) is 31.8 Å². The number of halogens is 2. The van der Waals surface area contributed by atoms with Gasteiger partial charge < -0.3 is 9.47 Å². The minimum atomic E-state index is -3.71. The largest absolute Gasteiger partial charge is 0.496 e. The van der Waals surface area contributed by atoms with E-state index in [1.165, 1.54) is 14.2 Å². The van der Waals surface area contributed by atoms with Crippen LogP contribution in [-0.2, 0) is 14.8 Å². The molecule has 0 saturated heterocycles. The molecule has 0 fully saturated rings. The monoisotopic (exact) mass is 284 g/mol. The summed E-state index contributed by atoms with van der Waals surface area (Å²) in [5.41, 5.74) is 0.313. The summed E-state index contributed by atoms with van der Waals surface area (Å²) >= 11 is 5.87. The molecule has 0 N–H and O–H groups in total. The van der Waals surface area contributed by atoms with E-state index >= 15 is 0 Å². The molecule has 0 atom stereocenters. The van der Waals surface area contributed by atoms with Crippen LogP contribution in [0, 0.1) is 0 Å². The van der Waals surface area contributed by atoms with Gasteiger partial charge in [0.15, 0.2) is 0 Å². The van der Waals surface area contributed by atoms with Crippen LogP contribution in [-0.4, -0.2) is 22.6 Å². The van der Waals surface area contributed by atoms with E-state index in [0.29, 0.717) is 16.3 Å². The Bertz CT molecular complexity index is 485. The molecule has 90 valence electrons. The first-order valence-electron chi connectivity index (χ1n) is 4.20. The standard InChI is InChI=1S/C9H10Cl2O4S/c1-14-8-4-3-7(10)9(15-2)6(8)5-16(11,12)13/h3-4H,5H2,1-2H3.